The molecule has 2 aromatic carbocycles. The monoisotopic (exact) mass is 368 g/mol. The van der Waals surface area contributed by atoms with Crippen LogP contribution in [0.25, 0.3) is 22.5 Å². The van der Waals surface area contributed by atoms with E-state index in [9.17, 15) is 0 Å². The Bertz CT molecular complexity index is 692. The van der Waals surface area contributed by atoms with E-state index in [0.717, 1.165) is 22.5 Å². The minimum absolute atomic E-state index is 0. The SMILES string of the molecule is [Cl-].[Mg+2].[c-]1ccccc1-c1ccccn1.c1ccc(-c2ccccn2)cc1. The molecule has 124 valence electrons. The van der Waals surface area contributed by atoms with E-state index in [2.05, 4.69) is 28.2 Å². The molecule has 0 radical (unpaired) electrons. The van der Waals surface area contributed by atoms with Crippen LogP contribution in [0.3, 0.4) is 0 Å². The van der Waals surface area contributed by atoms with Crippen LogP contribution >= 0.6 is 0 Å². The van der Waals surface area contributed by atoms with Gasteiger partial charge in [-0.1, -0.05) is 48.5 Å². The van der Waals surface area contributed by atoms with Crippen LogP contribution in [0.4, 0.5) is 0 Å². The Balaban J connectivity index is 0.000000241. The van der Waals surface area contributed by atoms with Crippen LogP contribution in [-0.4, -0.2) is 33.0 Å². The van der Waals surface area contributed by atoms with Gasteiger partial charge >= 0.3 is 23.1 Å². The fraction of sp³-hybridized carbons (Fsp3) is 0. The van der Waals surface area contributed by atoms with Crippen molar-refractivity contribution in [2.45, 2.75) is 0 Å². The average Bonchev–Trinajstić information content (AvgIpc) is 2.71. The fourth-order valence-electron chi connectivity index (χ4n) is 2.22. The van der Waals surface area contributed by atoms with Gasteiger partial charge < -0.3 is 17.4 Å². The fourth-order valence-corrected chi connectivity index (χ4v) is 2.22. The number of hydrogen-bond acceptors (Lipinski definition) is 2. The number of aromatic nitrogens is 2. The first kappa shape index (κ1) is 21.8. The number of rotatable bonds is 2. The normalized spacial score (nSPS) is 8.92. The summed E-state index contributed by atoms with van der Waals surface area (Å²) >= 11 is 0. The number of halogens is 1. The van der Waals surface area contributed by atoms with E-state index in [1.807, 2.05) is 85.1 Å². The summed E-state index contributed by atoms with van der Waals surface area (Å²) in [7, 11) is 0. The van der Waals surface area contributed by atoms with E-state index >= 15 is 0 Å². The molecule has 0 aliphatic rings. The first-order valence-electron chi connectivity index (χ1n) is 7.78. The van der Waals surface area contributed by atoms with Crippen molar-refractivity contribution in [3.05, 3.63) is 109 Å². The molecule has 2 heterocycles. The molecule has 0 saturated heterocycles. The van der Waals surface area contributed by atoms with Crippen LogP contribution in [0, 0.1) is 6.07 Å². The van der Waals surface area contributed by atoms with Crippen molar-refractivity contribution < 1.29 is 12.4 Å². The van der Waals surface area contributed by atoms with E-state index in [-0.39, 0.29) is 35.5 Å². The topological polar surface area (TPSA) is 25.8 Å². The first-order chi connectivity index (χ1) is 11.9. The second-order valence-corrected chi connectivity index (χ2v) is 5.07. The van der Waals surface area contributed by atoms with Crippen LogP contribution in [0.2, 0.25) is 0 Å². The van der Waals surface area contributed by atoms with Gasteiger partial charge in [0.15, 0.2) is 0 Å². The molecular weight excluding hydrogens is 352 g/mol. The van der Waals surface area contributed by atoms with Crippen LogP contribution in [-0.2, 0) is 0 Å². The van der Waals surface area contributed by atoms with Crippen molar-refractivity contribution in [1.82, 2.24) is 9.97 Å². The average molecular weight is 369 g/mol. The predicted molar refractivity (Wildman–Crippen MR) is 104 cm³/mol. The minimum atomic E-state index is 0. The maximum Gasteiger partial charge on any atom is 2.00 e. The summed E-state index contributed by atoms with van der Waals surface area (Å²) < 4.78 is 0. The summed E-state index contributed by atoms with van der Waals surface area (Å²) in [5.74, 6) is 0. The second kappa shape index (κ2) is 12.2. The second-order valence-electron chi connectivity index (χ2n) is 5.07. The van der Waals surface area contributed by atoms with E-state index < -0.39 is 0 Å². The van der Waals surface area contributed by atoms with E-state index in [0.29, 0.717) is 0 Å². The predicted octanol–water partition coefficient (Wildman–Crippen LogP) is 1.92. The Kier molecular flexibility index (Phi) is 10.2. The Morgan fingerprint density at radius 2 is 1.15 bits per heavy atom. The molecule has 0 aliphatic carbocycles. The molecule has 0 spiro atoms. The van der Waals surface area contributed by atoms with Gasteiger partial charge in [0, 0.05) is 18.0 Å². The Labute approximate surface area is 176 Å². The van der Waals surface area contributed by atoms with Gasteiger partial charge in [-0.25, -0.2) is 0 Å². The van der Waals surface area contributed by atoms with Crippen molar-refractivity contribution in [2.75, 3.05) is 0 Å². The van der Waals surface area contributed by atoms with Crippen molar-refractivity contribution in [2.24, 2.45) is 0 Å². The van der Waals surface area contributed by atoms with Gasteiger partial charge in [-0.2, -0.15) is 0 Å². The molecule has 4 aromatic rings. The molecule has 0 unspecified atom stereocenters. The molecule has 0 atom stereocenters. The Hall–Kier alpha value is -2.20. The van der Waals surface area contributed by atoms with Crippen molar-refractivity contribution in [1.29, 1.82) is 0 Å². The minimum Gasteiger partial charge on any atom is -1.00 e. The molecule has 0 bridgehead atoms. The van der Waals surface area contributed by atoms with Gasteiger partial charge in [-0.3, -0.25) is 4.98 Å². The largest absolute Gasteiger partial charge is 2.00 e. The van der Waals surface area contributed by atoms with E-state index in [1.165, 1.54) is 0 Å². The van der Waals surface area contributed by atoms with Gasteiger partial charge in [0.2, 0.25) is 0 Å². The quantitative estimate of drug-likeness (QED) is 0.399. The molecule has 2 aromatic heterocycles. The summed E-state index contributed by atoms with van der Waals surface area (Å²) in [5, 5.41) is 0. The molecule has 0 N–H and O–H groups in total. The summed E-state index contributed by atoms with van der Waals surface area (Å²) in [6.07, 6.45) is 3.60. The zero-order valence-corrected chi connectivity index (χ0v) is 16.5. The summed E-state index contributed by atoms with van der Waals surface area (Å²) in [6, 6.07) is 32.9. The van der Waals surface area contributed by atoms with Gasteiger partial charge in [-0.05, 0) is 23.9 Å². The summed E-state index contributed by atoms with van der Waals surface area (Å²) in [4.78, 5) is 8.47. The number of hydrogen-bond donors (Lipinski definition) is 0. The third kappa shape index (κ3) is 6.60. The smallest absolute Gasteiger partial charge is 1.00 e. The Morgan fingerprint density at radius 3 is 1.69 bits per heavy atom. The molecule has 26 heavy (non-hydrogen) atoms. The third-order valence-corrected chi connectivity index (χ3v) is 3.38. The molecular formula is C22H17ClMgN2. The van der Waals surface area contributed by atoms with Crippen LogP contribution in [0.5, 0.6) is 0 Å². The molecule has 0 amide bonds. The molecule has 0 fully saturated rings. The maximum absolute atomic E-state index is 4.25. The third-order valence-electron chi connectivity index (χ3n) is 3.38. The zero-order chi connectivity index (χ0) is 16.5. The molecule has 4 heteroatoms. The molecule has 4 rings (SSSR count). The summed E-state index contributed by atoms with van der Waals surface area (Å²) in [6.45, 7) is 0. The summed E-state index contributed by atoms with van der Waals surface area (Å²) in [5.41, 5.74) is 4.20. The number of pyridine rings is 2. The van der Waals surface area contributed by atoms with Gasteiger partial charge in [-0.15, -0.1) is 35.9 Å². The zero-order valence-electron chi connectivity index (χ0n) is 14.3. The first-order valence-corrected chi connectivity index (χ1v) is 7.78. The van der Waals surface area contributed by atoms with Crippen molar-refractivity contribution >= 4 is 23.1 Å². The van der Waals surface area contributed by atoms with E-state index in [4.69, 9.17) is 0 Å². The number of benzene rings is 2. The van der Waals surface area contributed by atoms with Crippen LogP contribution in [0.1, 0.15) is 0 Å². The van der Waals surface area contributed by atoms with Crippen LogP contribution in [0.15, 0.2) is 103 Å². The standard InChI is InChI=1S/C11H9N.C11H8N.ClH.Mg/c2*1-2-6-10(7-3-1)11-8-4-5-9-12-11;;/h1-9H;1-6,8-9H;1H;/q;-1;;+2/p-1. The van der Waals surface area contributed by atoms with E-state index in [1.54, 1.807) is 6.20 Å². The van der Waals surface area contributed by atoms with Gasteiger partial charge in [0.05, 0.1) is 5.69 Å². The molecule has 0 saturated carbocycles. The molecule has 0 aliphatic heterocycles. The van der Waals surface area contributed by atoms with Gasteiger partial charge in [0.25, 0.3) is 0 Å². The van der Waals surface area contributed by atoms with Crippen LogP contribution < -0.4 is 12.4 Å². The van der Waals surface area contributed by atoms with Crippen molar-refractivity contribution in [3.8, 4) is 22.5 Å². The molecule has 2 nitrogen and oxygen atoms in total. The maximum atomic E-state index is 4.25. The number of nitrogens with zero attached hydrogens (tertiary/aromatic N) is 2. The van der Waals surface area contributed by atoms with Gasteiger partial charge in [0.1, 0.15) is 0 Å². The van der Waals surface area contributed by atoms with Crippen molar-refractivity contribution in [3.63, 3.8) is 0 Å². The Morgan fingerprint density at radius 1 is 0.577 bits per heavy atom.